The predicted molar refractivity (Wildman–Crippen MR) is 86.6 cm³/mol. The Morgan fingerprint density at radius 3 is 2.68 bits per heavy atom. The van der Waals surface area contributed by atoms with Crippen LogP contribution >= 0.6 is 11.6 Å². The molecule has 1 aliphatic carbocycles. The van der Waals surface area contributed by atoms with Crippen molar-refractivity contribution in [3.63, 3.8) is 0 Å². The SMILES string of the molecule is CNS(=O)(=O)c1ccc(Cl)c(C(=O)NC2CCCC(C)C2)c1. The van der Waals surface area contributed by atoms with E-state index in [1.165, 1.54) is 31.7 Å². The Morgan fingerprint density at radius 2 is 2.05 bits per heavy atom. The van der Waals surface area contributed by atoms with E-state index in [4.69, 9.17) is 11.6 Å². The van der Waals surface area contributed by atoms with Crippen molar-refractivity contribution in [1.82, 2.24) is 10.0 Å². The highest BCUT2D eigenvalue weighted by Gasteiger charge is 2.23. The number of carbonyl (C=O) groups is 1. The van der Waals surface area contributed by atoms with Gasteiger partial charge in [0.25, 0.3) is 5.91 Å². The van der Waals surface area contributed by atoms with Crippen LogP contribution in [0.25, 0.3) is 0 Å². The van der Waals surface area contributed by atoms with E-state index in [9.17, 15) is 13.2 Å². The van der Waals surface area contributed by atoms with Crippen LogP contribution in [0.15, 0.2) is 23.1 Å². The van der Waals surface area contributed by atoms with E-state index in [2.05, 4.69) is 17.0 Å². The van der Waals surface area contributed by atoms with Crippen LogP contribution in [0.5, 0.6) is 0 Å². The molecule has 5 nitrogen and oxygen atoms in total. The third-order valence-electron chi connectivity index (χ3n) is 4.03. The maximum absolute atomic E-state index is 12.4. The molecule has 7 heteroatoms. The molecule has 0 bridgehead atoms. The first kappa shape index (κ1) is 17.2. The minimum Gasteiger partial charge on any atom is -0.349 e. The summed E-state index contributed by atoms with van der Waals surface area (Å²) in [5, 5.41) is 3.21. The summed E-state index contributed by atoms with van der Waals surface area (Å²) in [5.41, 5.74) is 0.191. The maximum atomic E-state index is 12.4. The van der Waals surface area contributed by atoms with Gasteiger partial charge in [-0.25, -0.2) is 13.1 Å². The van der Waals surface area contributed by atoms with Gasteiger partial charge >= 0.3 is 0 Å². The van der Waals surface area contributed by atoms with Crippen LogP contribution in [-0.4, -0.2) is 27.4 Å². The van der Waals surface area contributed by atoms with E-state index in [1.54, 1.807) is 0 Å². The molecule has 2 unspecified atom stereocenters. The van der Waals surface area contributed by atoms with Gasteiger partial charge in [0.2, 0.25) is 10.0 Å². The fourth-order valence-corrected chi connectivity index (χ4v) is 3.75. The van der Waals surface area contributed by atoms with Crippen LogP contribution < -0.4 is 10.0 Å². The number of hydrogen-bond donors (Lipinski definition) is 2. The molecule has 0 radical (unpaired) electrons. The topological polar surface area (TPSA) is 75.3 Å². The second-order valence-corrected chi connectivity index (χ2v) is 8.09. The van der Waals surface area contributed by atoms with Crippen molar-refractivity contribution in [1.29, 1.82) is 0 Å². The second kappa shape index (κ2) is 6.98. The lowest BCUT2D eigenvalue weighted by molar-refractivity contribution is 0.0921. The quantitative estimate of drug-likeness (QED) is 0.881. The molecule has 22 heavy (non-hydrogen) atoms. The fourth-order valence-electron chi connectivity index (χ4n) is 2.79. The van der Waals surface area contributed by atoms with E-state index >= 15 is 0 Å². The maximum Gasteiger partial charge on any atom is 0.253 e. The van der Waals surface area contributed by atoms with Gasteiger partial charge in [0.05, 0.1) is 15.5 Å². The number of sulfonamides is 1. The lowest BCUT2D eigenvalue weighted by Crippen LogP contribution is -2.38. The zero-order valence-electron chi connectivity index (χ0n) is 12.7. The van der Waals surface area contributed by atoms with Gasteiger partial charge in [-0.1, -0.05) is 31.4 Å². The van der Waals surface area contributed by atoms with Gasteiger partial charge in [-0.05, 0) is 44.0 Å². The third kappa shape index (κ3) is 4.00. The highest BCUT2D eigenvalue weighted by molar-refractivity contribution is 7.89. The lowest BCUT2D eigenvalue weighted by atomic mass is 9.87. The summed E-state index contributed by atoms with van der Waals surface area (Å²) in [7, 11) is -2.27. The smallest absolute Gasteiger partial charge is 0.253 e. The summed E-state index contributed by atoms with van der Waals surface area (Å²) >= 11 is 6.05. The van der Waals surface area contributed by atoms with Crippen LogP contribution in [0.1, 0.15) is 43.0 Å². The molecule has 1 aromatic rings. The minimum absolute atomic E-state index is 0.0292. The zero-order chi connectivity index (χ0) is 16.3. The molecule has 2 N–H and O–H groups in total. The lowest BCUT2D eigenvalue weighted by Gasteiger charge is -2.27. The summed E-state index contributed by atoms with van der Waals surface area (Å²) in [5.74, 6) is 0.266. The highest BCUT2D eigenvalue weighted by Crippen LogP contribution is 2.25. The summed E-state index contributed by atoms with van der Waals surface area (Å²) in [4.78, 5) is 12.4. The minimum atomic E-state index is -3.60. The molecule has 1 fully saturated rings. The van der Waals surface area contributed by atoms with Crippen molar-refractivity contribution in [3.05, 3.63) is 28.8 Å². The summed E-state index contributed by atoms with van der Waals surface area (Å²) in [6, 6.07) is 4.25. The standard InChI is InChI=1S/C15H21ClN2O3S/c1-10-4-3-5-11(8-10)18-15(19)13-9-12(6-7-14(13)16)22(20,21)17-2/h6-7,9-11,17H,3-5,8H2,1-2H3,(H,18,19). The Balaban J connectivity index is 2.20. The van der Waals surface area contributed by atoms with Gasteiger partial charge in [-0.2, -0.15) is 0 Å². The number of nitrogens with one attached hydrogen (secondary N) is 2. The summed E-state index contributed by atoms with van der Waals surface area (Å²) < 4.78 is 25.9. The van der Waals surface area contributed by atoms with E-state index in [0.717, 1.165) is 19.3 Å². The van der Waals surface area contributed by atoms with Crippen molar-refractivity contribution in [2.75, 3.05) is 7.05 Å². The first-order chi connectivity index (χ1) is 10.3. The molecule has 0 aliphatic heterocycles. The van der Waals surface area contributed by atoms with Crippen molar-refractivity contribution in [2.24, 2.45) is 5.92 Å². The monoisotopic (exact) mass is 344 g/mol. The molecule has 1 aromatic carbocycles. The second-order valence-electron chi connectivity index (χ2n) is 5.79. The molecular formula is C15H21ClN2O3S. The van der Waals surface area contributed by atoms with Crippen molar-refractivity contribution in [3.8, 4) is 0 Å². The van der Waals surface area contributed by atoms with Crippen molar-refractivity contribution >= 4 is 27.5 Å². The molecule has 2 rings (SSSR count). The molecule has 2 atom stereocenters. The first-order valence-electron chi connectivity index (χ1n) is 7.37. The van der Waals surface area contributed by atoms with Crippen LogP contribution in [0.2, 0.25) is 5.02 Å². The number of benzene rings is 1. The van der Waals surface area contributed by atoms with Crippen LogP contribution in [-0.2, 0) is 10.0 Å². The Hall–Kier alpha value is -1.11. The number of hydrogen-bond acceptors (Lipinski definition) is 3. The third-order valence-corrected chi connectivity index (χ3v) is 5.77. The van der Waals surface area contributed by atoms with E-state index in [0.29, 0.717) is 5.92 Å². The summed E-state index contributed by atoms with van der Waals surface area (Å²) in [6.45, 7) is 2.17. The predicted octanol–water partition coefficient (Wildman–Crippen LogP) is 2.56. The Kier molecular flexibility index (Phi) is 5.47. The van der Waals surface area contributed by atoms with Gasteiger partial charge < -0.3 is 5.32 Å². The first-order valence-corrected chi connectivity index (χ1v) is 9.23. The molecule has 1 amide bonds. The van der Waals surface area contributed by atoms with Gasteiger partial charge in [-0.15, -0.1) is 0 Å². The molecule has 0 aromatic heterocycles. The molecule has 0 saturated heterocycles. The molecule has 0 heterocycles. The molecule has 122 valence electrons. The summed E-state index contributed by atoms with van der Waals surface area (Å²) in [6.07, 6.45) is 4.16. The Bertz CT molecular complexity index is 661. The van der Waals surface area contributed by atoms with Crippen LogP contribution in [0, 0.1) is 5.92 Å². The van der Waals surface area contributed by atoms with E-state index in [-0.39, 0.29) is 27.4 Å². The van der Waals surface area contributed by atoms with E-state index < -0.39 is 10.0 Å². The number of halogens is 1. The van der Waals surface area contributed by atoms with Gasteiger partial charge in [0.1, 0.15) is 0 Å². The van der Waals surface area contributed by atoms with Crippen LogP contribution in [0.3, 0.4) is 0 Å². The molecule has 0 spiro atoms. The van der Waals surface area contributed by atoms with Gasteiger partial charge in [0.15, 0.2) is 0 Å². The van der Waals surface area contributed by atoms with E-state index in [1.807, 2.05) is 0 Å². The molecule has 1 aliphatic rings. The fraction of sp³-hybridized carbons (Fsp3) is 0.533. The van der Waals surface area contributed by atoms with Gasteiger partial charge in [0, 0.05) is 6.04 Å². The number of amides is 1. The zero-order valence-corrected chi connectivity index (χ0v) is 14.3. The highest BCUT2D eigenvalue weighted by atomic mass is 35.5. The average molecular weight is 345 g/mol. The van der Waals surface area contributed by atoms with Gasteiger partial charge in [-0.3, -0.25) is 4.79 Å². The van der Waals surface area contributed by atoms with Crippen LogP contribution in [0.4, 0.5) is 0 Å². The number of carbonyl (C=O) groups excluding carboxylic acids is 1. The normalized spacial score (nSPS) is 22.3. The molecule has 1 saturated carbocycles. The molecular weight excluding hydrogens is 324 g/mol. The number of rotatable bonds is 4. The Labute approximate surface area is 136 Å². The Morgan fingerprint density at radius 1 is 1.32 bits per heavy atom. The average Bonchev–Trinajstić information content (AvgIpc) is 2.47. The van der Waals surface area contributed by atoms with Crippen molar-refractivity contribution in [2.45, 2.75) is 43.5 Å². The van der Waals surface area contributed by atoms with Crippen molar-refractivity contribution < 1.29 is 13.2 Å². The largest absolute Gasteiger partial charge is 0.349 e.